The number of aromatic nitrogens is 2. The van der Waals surface area contributed by atoms with Gasteiger partial charge in [-0.2, -0.15) is 0 Å². The summed E-state index contributed by atoms with van der Waals surface area (Å²) in [7, 11) is 0. The second kappa shape index (κ2) is 15.5. The van der Waals surface area contributed by atoms with Gasteiger partial charge in [-0.1, -0.05) is 158 Å². The first-order valence-corrected chi connectivity index (χ1v) is 20.2. The molecule has 0 aliphatic carbocycles. The van der Waals surface area contributed by atoms with Gasteiger partial charge in [0.05, 0.1) is 34.1 Å². The lowest BCUT2D eigenvalue weighted by atomic mass is 10.0. The standard InChI is InChI=1S/C55H41N5/c1-4-17-45-44(5-2)47-34-48-46-25-13-15-27-50(46)59(52(48)35-53(47)60-49-26-14-12-22-42(49)33-51(45)60)43-24-16-23-41(32-43)38-28-30-40(31-29-38)55(57-36-37-18-8-6-9-19-37)58-54(56-3)39-20-10-7-11-21-39/h4-35H,1,3,36H2,2H3/b44-5+,45-17+,57-55?,58-54?. The molecule has 0 saturated carbocycles. The highest BCUT2D eigenvalue weighted by atomic mass is 15.0. The number of hydrogen-bond acceptors (Lipinski definition) is 1. The van der Waals surface area contributed by atoms with Gasteiger partial charge in [0.25, 0.3) is 0 Å². The predicted molar refractivity (Wildman–Crippen MR) is 255 cm³/mol. The van der Waals surface area contributed by atoms with Crippen molar-refractivity contribution in [3.8, 4) is 16.8 Å². The van der Waals surface area contributed by atoms with Crippen LogP contribution in [0.4, 0.5) is 0 Å². The van der Waals surface area contributed by atoms with Crippen molar-refractivity contribution in [2.24, 2.45) is 15.0 Å². The maximum atomic E-state index is 4.99. The summed E-state index contributed by atoms with van der Waals surface area (Å²) in [5.74, 6) is 1.13. The van der Waals surface area contributed by atoms with Gasteiger partial charge in [0.2, 0.25) is 0 Å². The molecular weight excluding hydrogens is 731 g/mol. The Bertz CT molecular complexity index is 3480. The highest BCUT2D eigenvalue weighted by Gasteiger charge is 2.17. The Balaban J connectivity index is 1.12. The molecule has 3 aromatic heterocycles. The van der Waals surface area contributed by atoms with Gasteiger partial charge in [-0.15, -0.1) is 0 Å². The molecule has 0 bridgehead atoms. The molecule has 5 heteroatoms. The van der Waals surface area contributed by atoms with Gasteiger partial charge in [0, 0.05) is 43.6 Å². The van der Waals surface area contributed by atoms with Crippen molar-refractivity contribution in [2.75, 3.05) is 0 Å². The number of rotatable bonds is 7. The van der Waals surface area contributed by atoms with E-state index in [1.165, 1.54) is 48.5 Å². The molecule has 5 nitrogen and oxygen atoms in total. The van der Waals surface area contributed by atoms with Crippen LogP contribution >= 0.6 is 0 Å². The van der Waals surface area contributed by atoms with Crippen LogP contribution in [0.1, 0.15) is 23.6 Å². The summed E-state index contributed by atoms with van der Waals surface area (Å²) in [5.41, 5.74) is 12.0. The second-order valence-electron chi connectivity index (χ2n) is 14.9. The minimum atomic E-state index is 0.495. The van der Waals surface area contributed by atoms with Crippen LogP contribution in [0.2, 0.25) is 0 Å². The lowest BCUT2D eigenvalue weighted by Gasteiger charge is -2.13. The number of fused-ring (bicyclic) bond motifs is 8. The molecule has 7 aromatic carbocycles. The summed E-state index contributed by atoms with van der Waals surface area (Å²) >= 11 is 0. The number of pyridine rings is 1. The van der Waals surface area contributed by atoms with Crippen LogP contribution in [-0.4, -0.2) is 27.4 Å². The molecule has 0 atom stereocenters. The van der Waals surface area contributed by atoms with Crippen molar-refractivity contribution in [2.45, 2.75) is 13.5 Å². The van der Waals surface area contributed by atoms with E-state index in [1.54, 1.807) is 0 Å². The molecule has 0 unspecified atom stereocenters. The molecule has 0 aliphatic heterocycles. The minimum absolute atomic E-state index is 0.495. The van der Waals surface area contributed by atoms with Crippen molar-refractivity contribution >= 4 is 79.7 Å². The Hall–Kier alpha value is -7.89. The van der Waals surface area contributed by atoms with Gasteiger partial charge < -0.3 is 8.97 Å². The van der Waals surface area contributed by atoms with E-state index in [0.29, 0.717) is 18.2 Å². The first-order valence-electron chi connectivity index (χ1n) is 20.2. The molecule has 60 heavy (non-hydrogen) atoms. The van der Waals surface area contributed by atoms with Gasteiger partial charge in [0.1, 0.15) is 0 Å². The molecule has 0 radical (unpaired) electrons. The van der Waals surface area contributed by atoms with E-state index in [9.17, 15) is 0 Å². The Morgan fingerprint density at radius 1 is 0.550 bits per heavy atom. The van der Waals surface area contributed by atoms with Crippen molar-refractivity contribution in [3.05, 3.63) is 216 Å². The highest BCUT2D eigenvalue weighted by molar-refractivity contribution is 6.15. The zero-order valence-electron chi connectivity index (χ0n) is 33.3. The quantitative estimate of drug-likeness (QED) is 0.114. The average molecular weight is 772 g/mol. The summed E-state index contributed by atoms with van der Waals surface area (Å²) in [4.78, 5) is 14.2. The van der Waals surface area contributed by atoms with Crippen molar-refractivity contribution < 1.29 is 0 Å². The van der Waals surface area contributed by atoms with Crippen LogP contribution in [0.25, 0.3) is 78.1 Å². The zero-order chi connectivity index (χ0) is 40.6. The number of benzene rings is 7. The van der Waals surface area contributed by atoms with Crippen molar-refractivity contribution in [1.82, 2.24) is 8.97 Å². The van der Waals surface area contributed by atoms with Crippen LogP contribution in [0.15, 0.2) is 204 Å². The van der Waals surface area contributed by atoms with E-state index in [4.69, 9.17) is 9.98 Å². The number of hydrogen-bond donors (Lipinski definition) is 0. The van der Waals surface area contributed by atoms with Crippen LogP contribution in [0, 0.1) is 0 Å². The molecule has 0 saturated heterocycles. The Morgan fingerprint density at radius 2 is 1.27 bits per heavy atom. The predicted octanol–water partition coefficient (Wildman–Crippen LogP) is 11.9. The van der Waals surface area contributed by atoms with E-state index in [1.807, 2.05) is 54.6 Å². The molecule has 10 rings (SSSR count). The fourth-order valence-corrected chi connectivity index (χ4v) is 8.64. The van der Waals surface area contributed by atoms with Gasteiger partial charge in [-0.25, -0.2) is 9.98 Å². The minimum Gasteiger partial charge on any atom is -0.309 e. The number of para-hydroxylation sites is 2. The Morgan fingerprint density at radius 3 is 2.03 bits per heavy atom. The van der Waals surface area contributed by atoms with E-state index < -0.39 is 0 Å². The third-order valence-electron chi connectivity index (χ3n) is 11.4. The lowest BCUT2D eigenvalue weighted by Crippen LogP contribution is -2.27. The SMILES string of the molecule is C=C/C=c1\c(=C/C)c2cc3c4ccccc4n(-c4cccc(-c5ccc(C(=NCc6ccccc6)N=C(N=C)c6ccccc6)cc5)c4)c3cc2n2c1cc1ccccc12. The zero-order valence-corrected chi connectivity index (χ0v) is 33.3. The first-order chi connectivity index (χ1) is 29.6. The lowest BCUT2D eigenvalue weighted by molar-refractivity contribution is 1.06. The summed E-state index contributed by atoms with van der Waals surface area (Å²) < 4.78 is 4.83. The maximum absolute atomic E-state index is 4.99. The monoisotopic (exact) mass is 771 g/mol. The van der Waals surface area contributed by atoms with Gasteiger partial charge in [-0.3, -0.25) is 4.99 Å². The van der Waals surface area contributed by atoms with E-state index in [-0.39, 0.29) is 0 Å². The Labute approximate surface area is 348 Å². The highest BCUT2D eigenvalue weighted by Crippen LogP contribution is 2.36. The van der Waals surface area contributed by atoms with Crippen LogP contribution in [0.3, 0.4) is 0 Å². The molecule has 10 aromatic rings. The fourth-order valence-electron chi connectivity index (χ4n) is 8.64. The first kappa shape index (κ1) is 36.5. The Kier molecular flexibility index (Phi) is 9.39. The van der Waals surface area contributed by atoms with Crippen LogP contribution in [0.5, 0.6) is 0 Å². The van der Waals surface area contributed by atoms with Gasteiger partial charge >= 0.3 is 0 Å². The van der Waals surface area contributed by atoms with Gasteiger partial charge in [-0.05, 0) is 78.0 Å². The van der Waals surface area contributed by atoms with Crippen LogP contribution < -0.4 is 10.4 Å². The summed E-state index contributed by atoms with van der Waals surface area (Å²) in [6, 6.07) is 61.9. The molecule has 0 spiro atoms. The molecule has 0 fully saturated rings. The molecule has 3 heterocycles. The third kappa shape index (κ3) is 6.34. The fraction of sp³-hybridized carbons (Fsp3) is 0.0364. The second-order valence-corrected chi connectivity index (χ2v) is 14.9. The molecule has 286 valence electrons. The summed E-state index contributed by atoms with van der Waals surface area (Å²) in [6.45, 7) is 10.5. The summed E-state index contributed by atoms with van der Waals surface area (Å²) in [5, 5.41) is 7.22. The maximum Gasteiger partial charge on any atom is 0.161 e. The number of amidine groups is 2. The van der Waals surface area contributed by atoms with E-state index in [2.05, 4.69) is 174 Å². The van der Waals surface area contributed by atoms with Crippen molar-refractivity contribution in [1.29, 1.82) is 0 Å². The van der Waals surface area contributed by atoms with Crippen LogP contribution in [-0.2, 0) is 6.54 Å². The number of nitrogens with zero attached hydrogens (tertiary/aromatic N) is 5. The average Bonchev–Trinajstić information content (AvgIpc) is 3.85. The van der Waals surface area contributed by atoms with E-state index >= 15 is 0 Å². The summed E-state index contributed by atoms with van der Waals surface area (Å²) in [6.07, 6.45) is 6.27. The largest absolute Gasteiger partial charge is 0.309 e. The van der Waals surface area contributed by atoms with E-state index in [0.717, 1.165) is 44.5 Å². The number of aliphatic imine (C=N–C) groups is 3. The van der Waals surface area contributed by atoms with Gasteiger partial charge in [0.15, 0.2) is 11.7 Å². The smallest absolute Gasteiger partial charge is 0.161 e. The molecule has 0 N–H and O–H groups in total. The van der Waals surface area contributed by atoms with Crippen molar-refractivity contribution in [3.63, 3.8) is 0 Å². The third-order valence-corrected chi connectivity index (χ3v) is 11.4. The molecule has 0 aliphatic rings. The topological polar surface area (TPSA) is 46.4 Å². The molecule has 0 amide bonds. The number of allylic oxidation sites excluding steroid dienone is 1. The normalized spacial score (nSPS) is 13.0. The molecular formula is C55H41N5.